The second kappa shape index (κ2) is 4.88. The number of fused-ring (bicyclic) bond motifs is 3. The topological polar surface area (TPSA) is 27.8 Å². The van der Waals surface area contributed by atoms with Crippen molar-refractivity contribution in [1.82, 2.24) is 10.3 Å². The van der Waals surface area contributed by atoms with Gasteiger partial charge in [0.2, 0.25) is 0 Å². The van der Waals surface area contributed by atoms with Gasteiger partial charge in [-0.15, -0.1) is 0 Å². The Morgan fingerprint density at radius 3 is 2.95 bits per heavy atom. The number of aryl methyl sites for hydroxylation is 1. The lowest BCUT2D eigenvalue weighted by Gasteiger charge is -2.30. The van der Waals surface area contributed by atoms with Crippen molar-refractivity contribution >= 4 is 10.9 Å². The summed E-state index contributed by atoms with van der Waals surface area (Å²) in [6.07, 6.45) is 7.49. The van der Waals surface area contributed by atoms with E-state index in [9.17, 15) is 4.39 Å². The summed E-state index contributed by atoms with van der Waals surface area (Å²) in [6, 6.07) is 5.86. The number of aromatic amines is 1. The quantitative estimate of drug-likeness (QED) is 0.878. The maximum Gasteiger partial charge on any atom is 0.123 e. The first-order valence-electron chi connectivity index (χ1n) is 7.82. The molecule has 1 aromatic heterocycles. The molecule has 106 valence electrons. The lowest BCUT2D eigenvalue weighted by Crippen LogP contribution is -2.39. The van der Waals surface area contributed by atoms with E-state index in [2.05, 4.69) is 10.3 Å². The van der Waals surface area contributed by atoms with Crippen LogP contribution in [0.4, 0.5) is 4.39 Å². The highest BCUT2D eigenvalue weighted by atomic mass is 19.1. The molecule has 0 spiro atoms. The lowest BCUT2D eigenvalue weighted by atomic mass is 9.85. The predicted molar refractivity (Wildman–Crippen MR) is 79.4 cm³/mol. The molecule has 2 aromatic rings. The summed E-state index contributed by atoms with van der Waals surface area (Å²) in [6.45, 7) is 1.12. The Bertz CT molecular complexity index is 627. The lowest BCUT2D eigenvalue weighted by molar-refractivity contribution is 0.305. The largest absolute Gasteiger partial charge is 0.358 e. The number of halogens is 1. The second-order valence-electron chi connectivity index (χ2n) is 6.42. The number of hydrogen-bond donors (Lipinski definition) is 2. The fourth-order valence-electron chi connectivity index (χ4n) is 3.58. The molecule has 2 aliphatic rings. The molecule has 1 saturated carbocycles. The van der Waals surface area contributed by atoms with E-state index in [1.807, 2.05) is 6.07 Å². The zero-order valence-electron chi connectivity index (χ0n) is 11.7. The molecule has 0 radical (unpaired) electrons. The minimum absolute atomic E-state index is 0.131. The predicted octanol–water partition coefficient (Wildman–Crippen LogP) is 3.55. The van der Waals surface area contributed by atoms with Crippen molar-refractivity contribution in [2.24, 2.45) is 5.92 Å². The zero-order chi connectivity index (χ0) is 13.5. The first kappa shape index (κ1) is 12.4. The molecule has 0 saturated heterocycles. The average molecular weight is 272 g/mol. The van der Waals surface area contributed by atoms with Gasteiger partial charge in [0, 0.05) is 22.6 Å². The van der Waals surface area contributed by atoms with Gasteiger partial charge in [0.25, 0.3) is 0 Å². The van der Waals surface area contributed by atoms with E-state index in [-0.39, 0.29) is 5.82 Å². The standard InChI is InChI=1S/C17H21FN2/c18-12-5-7-17-15(9-12)14-8-11(4-6-16(14)20-17)10-19-13-2-1-3-13/h5,7,9,11,13,19-20H,1-4,6,8,10H2/t11-/m0/s1. The summed E-state index contributed by atoms with van der Waals surface area (Å²) in [5, 5.41) is 4.78. The van der Waals surface area contributed by atoms with Crippen molar-refractivity contribution in [2.45, 2.75) is 44.6 Å². The van der Waals surface area contributed by atoms with Gasteiger partial charge in [-0.2, -0.15) is 0 Å². The summed E-state index contributed by atoms with van der Waals surface area (Å²) in [7, 11) is 0. The Labute approximate surface area is 118 Å². The van der Waals surface area contributed by atoms with E-state index in [4.69, 9.17) is 0 Å². The molecule has 2 nitrogen and oxygen atoms in total. The summed E-state index contributed by atoms with van der Waals surface area (Å²) < 4.78 is 13.5. The normalized spacial score (nSPS) is 22.8. The van der Waals surface area contributed by atoms with Crippen molar-refractivity contribution in [3.8, 4) is 0 Å². The molecule has 4 rings (SSSR count). The number of nitrogens with one attached hydrogen (secondary N) is 2. The van der Waals surface area contributed by atoms with Crippen LogP contribution in [0.2, 0.25) is 0 Å². The number of aromatic nitrogens is 1. The van der Waals surface area contributed by atoms with Crippen LogP contribution >= 0.6 is 0 Å². The van der Waals surface area contributed by atoms with E-state index >= 15 is 0 Å². The number of rotatable bonds is 3. The summed E-state index contributed by atoms with van der Waals surface area (Å²) in [5.74, 6) is 0.569. The van der Waals surface area contributed by atoms with E-state index in [1.54, 1.807) is 12.1 Å². The maximum absolute atomic E-state index is 13.5. The molecule has 2 N–H and O–H groups in total. The zero-order valence-corrected chi connectivity index (χ0v) is 11.7. The first-order valence-corrected chi connectivity index (χ1v) is 7.82. The van der Waals surface area contributed by atoms with E-state index in [0.29, 0.717) is 5.92 Å². The third-order valence-corrected chi connectivity index (χ3v) is 5.05. The van der Waals surface area contributed by atoms with Gasteiger partial charge in [-0.05, 0) is 68.3 Å². The monoisotopic (exact) mass is 272 g/mol. The van der Waals surface area contributed by atoms with Crippen molar-refractivity contribution in [2.75, 3.05) is 6.54 Å². The third kappa shape index (κ3) is 2.14. The highest BCUT2D eigenvalue weighted by Gasteiger charge is 2.24. The molecular formula is C17H21FN2. The van der Waals surface area contributed by atoms with Crippen molar-refractivity contribution in [3.63, 3.8) is 0 Å². The molecule has 0 amide bonds. The smallest absolute Gasteiger partial charge is 0.123 e. The van der Waals surface area contributed by atoms with Crippen LogP contribution in [0.1, 0.15) is 36.9 Å². The van der Waals surface area contributed by atoms with Crippen molar-refractivity contribution in [1.29, 1.82) is 0 Å². The minimum Gasteiger partial charge on any atom is -0.358 e. The van der Waals surface area contributed by atoms with Crippen LogP contribution in [0, 0.1) is 11.7 Å². The minimum atomic E-state index is -0.131. The molecule has 1 aromatic carbocycles. The molecule has 0 unspecified atom stereocenters. The highest BCUT2D eigenvalue weighted by molar-refractivity contribution is 5.85. The van der Waals surface area contributed by atoms with Gasteiger partial charge in [0.15, 0.2) is 0 Å². The number of benzene rings is 1. The van der Waals surface area contributed by atoms with Crippen LogP contribution in [0.15, 0.2) is 18.2 Å². The highest BCUT2D eigenvalue weighted by Crippen LogP contribution is 2.32. The molecule has 3 heteroatoms. The molecule has 1 heterocycles. The SMILES string of the molecule is Fc1ccc2[nH]c3c(c2c1)C[C@@H](CNC1CCC1)CC3. The Hall–Kier alpha value is -1.35. The fraction of sp³-hybridized carbons (Fsp3) is 0.529. The van der Waals surface area contributed by atoms with Gasteiger partial charge in [-0.3, -0.25) is 0 Å². The maximum atomic E-state index is 13.5. The van der Waals surface area contributed by atoms with Gasteiger partial charge < -0.3 is 10.3 Å². The Morgan fingerprint density at radius 2 is 2.15 bits per heavy atom. The van der Waals surface area contributed by atoms with Crippen LogP contribution in [-0.2, 0) is 12.8 Å². The molecule has 2 aliphatic carbocycles. The summed E-state index contributed by atoms with van der Waals surface area (Å²) in [5.41, 5.74) is 3.76. The number of hydrogen-bond acceptors (Lipinski definition) is 1. The van der Waals surface area contributed by atoms with E-state index in [0.717, 1.165) is 36.3 Å². The Morgan fingerprint density at radius 1 is 1.25 bits per heavy atom. The molecular weight excluding hydrogens is 251 g/mol. The van der Waals surface area contributed by atoms with Crippen LogP contribution in [0.5, 0.6) is 0 Å². The van der Waals surface area contributed by atoms with Crippen LogP contribution in [0.3, 0.4) is 0 Å². The Balaban J connectivity index is 1.54. The molecule has 1 fully saturated rings. The van der Waals surface area contributed by atoms with E-state index in [1.165, 1.54) is 36.9 Å². The van der Waals surface area contributed by atoms with Crippen molar-refractivity contribution < 1.29 is 4.39 Å². The molecule has 0 bridgehead atoms. The summed E-state index contributed by atoms with van der Waals surface area (Å²) in [4.78, 5) is 3.46. The van der Waals surface area contributed by atoms with Gasteiger partial charge in [-0.1, -0.05) is 6.42 Å². The van der Waals surface area contributed by atoms with Crippen LogP contribution < -0.4 is 5.32 Å². The summed E-state index contributed by atoms with van der Waals surface area (Å²) >= 11 is 0. The van der Waals surface area contributed by atoms with E-state index < -0.39 is 0 Å². The van der Waals surface area contributed by atoms with Gasteiger partial charge >= 0.3 is 0 Å². The molecule has 1 atom stereocenters. The second-order valence-corrected chi connectivity index (χ2v) is 6.42. The fourth-order valence-corrected chi connectivity index (χ4v) is 3.58. The number of H-pyrrole nitrogens is 1. The van der Waals surface area contributed by atoms with Crippen molar-refractivity contribution in [3.05, 3.63) is 35.3 Å². The third-order valence-electron chi connectivity index (χ3n) is 5.05. The van der Waals surface area contributed by atoms with Gasteiger partial charge in [0.1, 0.15) is 5.82 Å². The first-order chi connectivity index (χ1) is 9.79. The van der Waals surface area contributed by atoms with Gasteiger partial charge in [-0.25, -0.2) is 4.39 Å². The molecule has 20 heavy (non-hydrogen) atoms. The van der Waals surface area contributed by atoms with Crippen LogP contribution in [-0.4, -0.2) is 17.6 Å². The average Bonchev–Trinajstić information content (AvgIpc) is 2.74. The van der Waals surface area contributed by atoms with Crippen LogP contribution in [0.25, 0.3) is 10.9 Å². The molecule has 0 aliphatic heterocycles. The van der Waals surface area contributed by atoms with Gasteiger partial charge in [0.05, 0.1) is 0 Å². The Kier molecular flexibility index (Phi) is 3.03.